The van der Waals surface area contributed by atoms with Gasteiger partial charge in [0, 0.05) is 23.0 Å². The van der Waals surface area contributed by atoms with Crippen molar-refractivity contribution in [3.05, 3.63) is 96.2 Å². The van der Waals surface area contributed by atoms with Crippen molar-refractivity contribution < 1.29 is 17.9 Å². The summed E-state index contributed by atoms with van der Waals surface area (Å²) in [6.07, 6.45) is 3.19. The number of carbonyl (C=O) groups is 1. The molecule has 36 heavy (non-hydrogen) atoms. The van der Waals surface area contributed by atoms with E-state index in [1.165, 1.54) is 30.3 Å². The molecule has 0 radical (unpaired) electrons. The molecule has 1 amide bonds. The lowest BCUT2D eigenvalue weighted by atomic mass is 10.1. The summed E-state index contributed by atoms with van der Waals surface area (Å²) in [5, 5.41) is 22.1. The smallest absolute Gasteiger partial charge is 0.266 e. The third-order valence-electron chi connectivity index (χ3n) is 5.23. The predicted octanol–water partition coefficient (Wildman–Crippen LogP) is 3.74. The van der Waals surface area contributed by atoms with Crippen LogP contribution in [0.3, 0.4) is 0 Å². The highest BCUT2D eigenvalue weighted by molar-refractivity contribution is 7.89. The molecule has 0 aliphatic heterocycles. The van der Waals surface area contributed by atoms with Gasteiger partial charge in [-0.2, -0.15) is 10.4 Å². The van der Waals surface area contributed by atoms with Crippen LogP contribution in [0.4, 0.5) is 5.69 Å². The van der Waals surface area contributed by atoms with Gasteiger partial charge in [-0.05, 0) is 66.7 Å². The van der Waals surface area contributed by atoms with Crippen LogP contribution in [-0.2, 0) is 14.8 Å². The Hall–Kier alpha value is -4.72. The number of nitrogens with one attached hydrogen (secondary N) is 1. The number of sulfonamides is 1. The number of carbonyl (C=O) groups excluding carboxylic acids is 1. The van der Waals surface area contributed by atoms with Crippen molar-refractivity contribution in [2.75, 3.05) is 12.4 Å². The number of hydrogen-bond acceptors (Lipinski definition) is 6. The minimum atomic E-state index is -3.86. The summed E-state index contributed by atoms with van der Waals surface area (Å²) in [5.41, 5.74) is 2.86. The van der Waals surface area contributed by atoms with E-state index in [-0.39, 0.29) is 10.5 Å². The van der Waals surface area contributed by atoms with Crippen LogP contribution in [0.25, 0.3) is 23.0 Å². The molecule has 0 fully saturated rings. The third-order valence-corrected chi connectivity index (χ3v) is 6.16. The van der Waals surface area contributed by atoms with Crippen molar-refractivity contribution in [2.24, 2.45) is 5.14 Å². The Kier molecular flexibility index (Phi) is 6.96. The van der Waals surface area contributed by atoms with E-state index in [1.54, 1.807) is 30.1 Å². The number of anilines is 1. The molecule has 0 aliphatic rings. The number of aromatic nitrogens is 2. The minimum absolute atomic E-state index is 0.0889. The topological polar surface area (TPSA) is 140 Å². The van der Waals surface area contributed by atoms with E-state index in [1.807, 2.05) is 48.5 Å². The quantitative estimate of drug-likeness (QED) is 0.293. The molecule has 1 aromatic heterocycles. The van der Waals surface area contributed by atoms with Crippen LogP contribution in [0.15, 0.2) is 95.5 Å². The number of para-hydroxylation sites is 1. The van der Waals surface area contributed by atoms with E-state index < -0.39 is 15.9 Å². The average Bonchev–Trinajstić information content (AvgIpc) is 3.31. The van der Waals surface area contributed by atoms with E-state index in [0.29, 0.717) is 22.7 Å². The first kappa shape index (κ1) is 24.4. The summed E-state index contributed by atoms with van der Waals surface area (Å²) in [5.74, 6) is 0.0258. The number of primary sulfonamides is 1. The van der Waals surface area contributed by atoms with Crippen LogP contribution < -0.4 is 15.2 Å². The van der Waals surface area contributed by atoms with Gasteiger partial charge in [-0.15, -0.1) is 0 Å². The molecule has 3 aromatic carbocycles. The van der Waals surface area contributed by atoms with Crippen LogP contribution >= 0.6 is 0 Å². The first-order valence-corrected chi connectivity index (χ1v) is 12.2. The molecule has 9 nitrogen and oxygen atoms in total. The summed E-state index contributed by atoms with van der Waals surface area (Å²) in [6, 6.07) is 24.0. The molecule has 0 saturated carbocycles. The molecule has 0 bridgehead atoms. The Morgan fingerprint density at radius 1 is 1.06 bits per heavy atom. The molecule has 0 atom stereocenters. The Bertz CT molecular complexity index is 1570. The number of nitriles is 1. The highest BCUT2D eigenvalue weighted by Crippen LogP contribution is 2.27. The van der Waals surface area contributed by atoms with E-state index in [0.717, 1.165) is 11.3 Å². The lowest BCUT2D eigenvalue weighted by molar-refractivity contribution is -0.112. The molecule has 0 saturated heterocycles. The van der Waals surface area contributed by atoms with Gasteiger partial charge < -0.3 is 10.1 Å². The van der Waals surface area contributed by atoms with E-state index >= 15 is 0 Å². The molecule has 0 spiro atoms. The lowest BCUT2D eigenvalue weighted by Crippen LogP contribution is -2.14. The fourth-order valence-electron chi connectivity index (χ4n) is 3.41. The summed E-state index contributed by atoms with van der Waals surface area (Å²) >= 11 is 0. The average molecular weight is 500 g/mol. The van der Waals surface area contributed by atoms with Gasteiger partial charge >= 0.3 is 0 Å². The van der Waals surface area contributed by atoms with Gasteiger partial charge in [0.2, 0.25) is 10.0 Å². The maximum Gasteiger partial charge on any atom is 0.266 e. The highest BCUT2D eigenvalue weighted by atomic mass is 32.2. The Labute approximate surface area is 208 Å². The van der Waals surface area contributed by atoms with Crippen LogP contribution in [0, 0.1) is 11.3 Å². The lowest BCUT2D eigenvalue weighted by Gasteiger charge is -2.06. The van der Waals surface area contributed by atoms with Gasteiger partial charge in [-0.1, -0.05) is 18.2 Å². The zero-order valence-corrected chi connectivity index (χ0v) is 19.9. The number of nitrogens with zero attached hydrogens (tertiary/aromatic N) is 3. The number of rotatable bonds is 7. The Morgan fingerprint density at radius 3 is 2.31 bits per heavy atom. The van der Waals surface area contributed by atoms with Gasteiger partial charge in [-0.25, -0.2) is 18.2 Å². The van der Waals surface area contributed by atoms with Crippen molar-refractivity contribution in [3.8, 4) is 28.8 Å². The van der Waals surface area contributed by atoms with Gasteiger partial charge in [0.05, 0.1) is 23.4 Å². The second kappa shape index (κ2) is 10.3. The molecule has 0 aliphatic carbocycles. The zero-order valence-electron chi connectivity index (χ0n) is 19.1. The summed E-state index contributed by atoms with van der Waals surface area (Å²) in [7, 11) is -2.28. The van der Waals surface area contributed by atoms with Crippen molar-refractivity contribution in [1.82, 2.24) is 9.78 Å². The van der Waals surface area contributed by atoms with Crippen LogP contribution in [0.2, 0.25) is 0 Å². The number of amides is 1. The van der Waals surface area contributed by atoms with Gasteiger partial charge in [0.25, 0.3) is 5.91 Å². The summed E-state index contributed by atoms with van der Waals surface area (Å²) in [4.78, 5) is 12.8. The van der Waals surface area contributed by atoms with Crippen molar-refractivity contribution in [3.63, 3.8) is 0 Å². The van der Waals surface area contributed by atoms with Crippen molar-refractivity contribution >= 4 is 27.7 Å². The van der Waals surface area contributed by atoms with Crippen molar-refractivity contribution in [2.45, 2.75) is 4.90 Å². The van der Waals surface area contributed by atoms with Gasteiger partial charge in [-0.3, -0.25) is 4.79 Å². The second-order valence-electron chi connectivity index (χ2n) is 7.63. The fraction of sp³-hybridized carbons (Fsp3) is 0.0385. The Balaban J connectivity index is 1.70. The number of ether oxygens (including phenoxy) is 1. The standard InChI is InChI=1S/C26H21N5O4S/c1-35-23-11-7-18(8-12-23)25-20(17-31(30-25)22-5-3-2-4-6-22)15-19(16-27)26(32)29-21-9-13-24(14-10-21)36(28,33)34/h2-15,17H,1H3,(H,29,32)(H2,28,33,34)/b19-15+. The molecule has 0 unspecified atom stereocenters. The number of benzene rings is 3. The van der Waals surface area contributed by atoms with E-state index in [2.05, 4.69) is 5.32 Å². The third kappa shape index (κ3) is 5.50. The van der Waals surface area contributed by atoms with Crippen LogP contribution in [0.5, 0.6) is 5.75 Å². The van der Waals surface area contributed by atoms with Gasteiger partial charge in [0.1, 0.15) is 17.4 Å². The first-order valence-electron chi connectivity index (χ1n) is 10.6. The summed E-state index contributed by atoms with van der Waals surface area (Å²) in [6.45, 7) is 0. The Morgan fingerprint density at radius 2 is 1.72 bits per heavy atom. The monoisotopic (exact) mass is 499 g/mol. The predicted molar refractivity (Wildman–Crippen MR) is 136 cm³/mol. The molecular formula is C26H21N5O4S. The van der Waals surface area contributed by atoms with E-state index in [9.17, 15) is 18.5 Å². The zero-order chi connectivity index (χ0) is 25.7. The molecule has 10 heteroatoms. The molecule has 4 aromatic rings. The SMILES string of the molecule is COc1ccc(-c2nn(-c3ccccc3)cc2/C=C(\C#N)C(=O)Nc2ccc(S(N)(=O)=O)cc2)cc1. The van der Waals surface area contributed by atoms with E-state index in [4.69, 9.17) is 15.0 Å². The maximum atomic E-state index is 12.8. The van der Waals surface area contributed by atoms with Crippen LogP contribution in [-0.4, -0.2) is 31.2 Å². The molecule has 180 valence electrons. The molecule has 3 N–H and O–H groups in total. The number of nitrogens with two attached hydrogens (primary N) is 1. The molecule has 1 heterocycles. The molecule has 4 rings (SSSR count). The normalized spacial score (nSPS) is 11.5. The minimum Gasteiger partial charge on any atom is -0.497 e. The number of hydrogen-bond donors (Lipinski definition) is 2. The number of methoxy groups -OCH3 is 1. The fourth-order valence-corrected chi connectivity index (χ4v) is 3.93. The first-order chi connectivity index (χ1) is 17.3. The second-order valence-corrected chi connectivity index (χ2v) is 9.20. The van der Waals surface area contributed by atoms with Crippen LogP contribution in [0.1, 0.15) is 5.56 Å². The van der Waals surface area contributed by atoms with Gasteiger partial charge in [0.15, 0.2) is 0 Å². The summed E-state index contributed by atoms with van der Waals surface area (Å²) < 4.78 is 29.8. The molecular weight excluding hydrogens is 478 g/mol. The van der Waals surface area contributed by atoms with Crippen molar-refractivity contribution in [1.29, 1.82) is 5.26 Å². The maximum absolute atomic E-state index is 12.8. The largest absolute Gasteiger partial charge is 0.497 e. The highest BCUT2D eigenvalue weighted by Gasteiger charge is 2.16.